The molecule has 0 bridgehead atoms. The zero-order valence-corrected chi connectivity index (χ0v) is 11.9. The molecule has 0 aromatic heterocycles. The van der Waals surface area contributed by atoms with Gasteiger partial charge in [0.05, 0.1) is 4.83 Å². The summed E-state index contributed by atoms with van der Waals surface area (Å²) in [5.41, 5.74) is 0. The van der Waals surface area contributed by atoms with Crippen LogP contribution >= 0.6 is 15.9 Å². The third-order valence-electron chi connectivity index (χ3n) is 3.12. The van der Waals surface area contributed by atoms with Crippen LogP contribution in [0.4, 0.5) is 0 Å². The molecule has 1 amide bonds. The fraction of sp³-hybridized carbons (Fsp3) is 0.917. The maximum Gasteiger partial charge on any atom is 0.233 e. The normalized spacial score (nSPS) is 20.7. The number of likely N-dealkylation sites (tertiary alicyclic amines) is 1. The van der Waals surface area contributed by atoms with Gasteiger partial charge in [-0.05, 0) is 32.7 Å². The van der Waals surface area contributed by atoms with Gasteiger partial charge in [-0.2, -0.15) is 0 Å². The van der Waals surface area contributed by atoms with Gasteiger partial charge < -0.3 is 10.2 Å². The number of alkyl halides is 1. The van der Waals surface area contributed by atoms with Crippen LogP contribution in [-0.2, 0) is 4.79 Å². The van der Waals surface area contributed by atoms with Crippen LogP contribution in [0.25, 0.3) is 0 Å². The fourth-order valence-electron chi connectivity index (χ4n) is 2.00. The largest absolute Gasteiger partial charge is 0.352 e. The van der Waals surface area contributed by atoms with Crippen molar-refractivity contribution in [1.82, 2.24) is 10.2 Å². The topological polar surface area (TPSA) is 32.3 Å². The molecule has 1 atom stereocenters. The van der Waals surface area contributed by atoms with Crippen molar-refractivity contribution in [3.63, 3.8) is 0 Å². The summed E-state index contributed by atoms with van der Waals surface area (Å²) in [4.78, 5) is 13.9. The summed E-state index contributed by atoms with van der Waals surface area (Å²) in [6, 6.07) is 0.380. The first-order chi connectivity index (χ1) is 7.63. The number of amides is 1. The van der Waals surface area contributed by atoms with Crippen LogP contribution in [0.1, 0.15) is 39.5 Å². The second kappa shape index (κ2) is 7.28. The molecule has 4 heteroatoms. The molecule has 16 heavy (non-hydrogen) atoms. The van der Waals surface area contributed by atoms with Crippen LogP contribution in [0.2, 0.25) is 0 Å². The summed E-state index contributed by atoms with van der Waals surface area (Å²) in [6.07, 6.45) is 4.73. The lowest BCUT2D eigenvalue weighted by Gasteiger charge is -2.32. The number of carbonyl (C=O) groups excluding carboxylic acids is 1. The Hall–Kier alpha value is -0.0900. The number of unbranched alkanes of at least 4 members (excludes halogenated alkanes) is 1. The van der Waals surface area contributed by atoms with E-state index in [4.69, 9.17) is 0 Å². The average molecular weight is 291 g/mol. The summed E-state index contributed by atoms with van der Waals surface area (Å²) in [6.45, 7) is 7.56. The first-order valence-corrected chi connectivity index (χ1v) is 7.22. The Morgan fingerprint density at radius 3 is 2.62 bits per heavy atom. The molecule has 0 aliphatic carbocycles. The average Bonchev–Trinajstić information content (AvgIpc) is 2.28. The first-order valence-electron chi connectivity index (χ1n) is 6.30. The predicted molar refractivity (Wildman–Crippen MR) is 70.9 cm³/mol. The van der Waals surface area contributed by atoms with Crippen LogP contribution in [0.5, 0.6) is 0 Å². The number of rotatable bonds is 5. The molecule has 1 aliphatic rings. The minimum atomic E-state index is -0.0781. The third-order valence-corrected chi connectivity index (χ3v) is 3.54. The minimum Gasteiger partial charge on any atom is -0.352 e. The smallest absolute Gasteiger partial charge is 0.233 e. The van der Waals surface area contributed by atoms with E-state index in [0.29, 0.717) is 6.04 Å². The van der Waals surface area contributed by atoms with E-state index in [9.17, 15) is 4.79 Å². The van der Waals surface area contributed by atoms with Crippen LogP contribution in [0.3, 0.4) is 0 Å². The van der Waals surface area contributed by atoms with Gasteiger partial charge in [0.15, 0.2) is 0 Å². The summed E-state index contributed by atoms with van der Waals surface area (Å²) in [5, 5.41) is 3.08. The van der Waals surface area contributed by atoms with E-state index in [1.807, 2.05) is 6.92 Å². The lowest BCUT2D eigenvalue weighted by atomic mass is 10.0. The highest BCUT2D eigenvalue weighted by molar-refractivity contribution is 9.10. The molecule has 1 rings (SSSR count). The summed E-state index contributed by atoms with van der Waals surface area (Å²) in [5.74, 6) is 0.118. The van der Waals surface area contributed by atoms with E-state index in [0.717, 1.165) is 25.9 Å². The van der Waals surface area contributed by atoms with Crippen molar-refractivity contribution in [1.29, 1.82) is 0 Å². The van der Waals surface area contributed by atoms with Crippen LogP contribution < -0.4 is 5.32 Å². The van der Waals surface area contributed by atoms with Gasteiger partial charge in [-0.15, -0.1) is 0 Å². The lowest BCUT2D eigenvalue weighted by Crippen LogP contribution is -2.46. The molecule has 0 saturated carbocycles. The Labute approximate surface area is 107 Å². The van der Waals surface area contributed by atoms with Crippen molar-refractivity contribution < 1.29 is 4.79 Å². The van der Waals surface area contributed by atoms with Crippen molar-refractivity contribution in [2.24, 2.45) is 0 Å². The molecule has 3 nitrogen and oxygen atoms in total. The van der Waals surface area contributed by atoms with Gasteiger partial charge in [-0.1, -0.05) is 29.3 Å². The highest BCUT2D eigenvalue weighted by atomic mass is 79.9. The van der Waals surface area contributed by atoms with Crippen LogP contribution in [0.15, 0.2) is 0 Å². The van der Waals surface area contributed by atoms with Gasteiger partial charge in [0.2, 0.25) is 5.91 Å². The molecule has 94 valence electrons. The summed E-state index contributed by atoms with van der Waals surface area (Å²) >= 11 is 3.29. The first kappa shape index (κ1) is 14.0. The fourth-order valence-corrected chi connectivity index (χ4v) is 2.13. The molecule has 1 heterocycles. The standard InChI is InChI=1S/C12H23BrN2O/c1-3-4-7-15-8-5-11(6-9-15)14-12(16)10(2)13/h10-11H,3-9H2,1-2H3,(H,14,16). The molecule has 1 fully saturated rings. The molecule has 0 radical (unpaired) electrons. The van der Waals surface area contributed by atoms with Gasteiger partial charge in [-0.3, -0.25) is 4.79 Å². The summed E-state index contributed by atoms with van der Waals surface area (Å²) in [7, 11) is 0. The second-order valence-corrected chi connectivity index (χ2v) is 5.97. The van der Waals surface area contributed by atoms with Gasteiger partial charge in [0, 0.05) is 19.1 Å². The Morgan fingerprint density at radius 1 is 1.50 bits per heavy atom. The van der Waals surface area contributed by atoms with E-state index in [1.54, 1.807) is 0 Å². The number of piperidine rings is 1. The number of nitrogens with zero attached hydrogens (tertiary/aromatic N) is 1. The quantitative estimate of drug-likeness (QED) is 0.787. The van der Waals surface area contributed by atoms with E-state index >= 15 is 0 Å². The molecule has 0 aromatic carbocycles. The highest BCUT2D eigenvalue weighted by Crippen LogP contribution is 2.11. The molecule has 1 unspecified atom stereocenters. The van der Waals surface area contributed by atoms with Gasteiger partial charge in [-0.25, -0.2) is 0 Å². The molecular weight excluding hydrogens is 268 g/mol. The Kier molecular flexibility index (Phi) is 6.36. The molecule has 0 spiro atoms. The van der Waals surface area contributed by atoms with Crippen LogP contribution in [0, 0.1) is 0 Å². The van der Waals surface area contributed by atoms with Crippen LogP contribution in [-0.4, -0.2) is 41.3 Å². The van der Waals surface area contributed by atoms with Crippen molar-refractivity contribution in [3.8, 4) is 0 Å². The van der Waals surface area contributed by atoms with Gasteiger partial charge in [0.1, 0.15) is 0 Å². The van der Waals surface area contributed by atoms with E-state index in [2.05, 4.69) is 33.1 Å². The minimum absolute atomic E-state index is 0.0781. The molecule has 1 saturated heterocycles. The van der Waals surface area contributed by atoms with Crippen molar-refractivity contribution in [2.75, 3.05) is 19.6 Å². The van der Waals surface area contributed by atoms with E-state index in [1.165, 1.54) is 19.4 Å². The number of hydrogen-bond acceptors (Lipinski definition) is 2. The zero-order valence-electron chi connectivity index (χ0n) is 10.3. The maximum absolute atomic E-state index is 11.5. The monoisotopic (exact) mass is 290 g/mol. The maximum atomic E-state index is 11.5. The SMILES string of the molecule is CCCCN1CCC(NC(=O)C(C)Br)CC1. The van der Waals surface area contributed by atoms with Crippen molar-refractivity contribution in [2.45, 2.75) is 50.4 Å². The van der Waals surface area contributed by atoms with Gasteiger partial charge in [0.25, 0.3) is 0 Å². The Balaban J connectivity index is 2.19. The van der Waals surface area contributed by atoms with Crippen molar-refractivity contribution in [3.05, 3.63) is 0 Å². The van der Waals surface area contributed by atoms with Crippen molar-refractivity contribution >= 4 is 21.8 Å². The van der Waals surface area contributed by atoms with E-state index in [-0.39, 0.29) is 10.7 Å². The molecule has 1 aliphatic heterocycles. The number of nitrogens with one attached hydrogen (secondary N) is 1. The molecule has 0 aromatic rings. The number of carbonyl (C=O) groups is 1. The Morgan fingerprint density at radius 2 is 2.12 bits per heavy atom. The molecule has 1 N–H and O–H groups in total. The van der Waals surface area contributed by atoms with E-state index < -0.39 is 0 Å². The molecular formula is C12H23BrN2O. The second-order valence-electron chi connectivity index (χ2n) is 4.59. The highest BCUT2D eigenvalue weighted by Gasteiger charge is 2.21. The van der Waals surface area contributed by atoms with Gasteiger partial charge >= 0.3 is 0 Å². The zero-order chi connectivity index (χ0) is 12.0. The third kappa shape index (κ3) is 4.83. The number of hydrogen-bond donors (Lipinski definition) is 1. The lowest BCUT2D eigenvalue weighted by molar-refractivity contribution is -0.121. The Bertz CT molecular complexity index is 213. The predicted octanol–water partition coefficient (Wildman–Crippen LogP) is 2.15. The summed E-state index contributed by atoms with van der Waals surface area (Å²) < 4.78 is 0. The number of halogens is 1.